The molecule has 1 rings (SSSR count). The highest BCUT2D eigenvalue weighted by atomic mass is 28.2. The fourth-order valence-corrected chi connectivity index (χ4v) is 3.49. The van der Waals surface area contributed by atoms with Gasteiger partial charge in [0.1, 0.15) is 0 Å². The number of hydrogen-bond acceptors (Lipinski definition) is 1. The summed E-state index contributed by atoms with van der Waals surface area (Å²) in [6, 6.07) is 0. The first-order valence-electron chi connectivity index (χ1n) is 4.18. The zero-order valence-electron chi connectivity index (χ0n) is 7.31. The minimum atomic E-state index is -0.246. The van der Waals surface area contributed by atoms with Crippen molar-refractivity contribution in [2.45, 2.75) is 38.1 Å². The van der Waals surface area contributed by atoms with Gasteiger partial charge in [0.05, 0.1) is 0 Å². The van der Waals surface area contributed by atoms with Crippen LogP contribution in [0.2, 0.25) is 5.04 Å². The van der Waals surface area contributed by atoms with E-state index in [9.17, 15) is 0 Å². The molecule has 60 valence electrons. The summed E-state index contributed by atoms with van der Waals surface area (Å²) in [7, 11) is 1.62. The minimum Gasteiger partial charge on any atom is -0.427 e. The largest absolute Gasteiger partial charge is 0.427 e. The SMILES string of the molecule is CO[SiH2]C1(C)CCCC1C. The second-order valence-corrected chi connectivity index (χ2v) is 6.36. The van der Waals surface area contributed by atoms with Crippen LogP contribution in [-0.4, -0.2) is 16.9 Å². The quantitative estimate of drug-likeness (QED) is 0.556. The normalized spacial score (nSPS) is 41.7. The van der Waals surface area contributed by atoms with Gasteiger partial charge in [0.15, 0.2) is 9.76 Å². The van der Waals surface area contributed by atoms with Crippen molar-refractivity contribution in [1.29, 1.82) is 0 Å². The average Bonchev–Trinajstić information content (AvgIpc) is 2.15. The van der Waals surface area contributed by atoms with Gasteiger partial charge in [0.2, 0.25) is 0 Å². The predicted octanol–water partition coefficient (Wildman–Crippen LogP) is 1.72. The van der Waals surface area contributed by atoms with E-state index in [1.807, 2.05) is 7.11 Å². The van der Waals surface area contributed by atoms with Gasteiger partial charge in [-0.05, 0) is 17.4 Å². The van der Waals surface area contributed by atoms with E-state index in [-0.39, 0.29) is 9.76 Å². The lowest BCUT2D eigenvalue weighted by atomic mass is 9.99. The Balaban J connectivity index is 2.48. The van der Waals surface area contributed by atoms with Crippen molar-refractivity contribution in [3.63, 3.8) is 0 Å². The van der Waals surface area contributed by atoms with Crippen molar-refractivity contribution >= 4 is 9.76 Å². The van der Waals surface area contributed by atoms with Crippen molar-refractivity contribution < 1.29 is 4.43 Å². The molecular weight excluding hydrogens is 140 g/mol. The fourth-order valence-electron chi connectivity index (χ4n) is 1.95. The summed E-state index contributed by atoms with van der Waals surface area (Å²) in [4.78, 5) is 0. The van der Waals surface area contributed by atoms with Crippen LogP contribution in [0.3, 0.4) is 0 Å². The monoisotopic (exact) mass is 158 g/mol. The van der Waals surface area contributed by atoms with Crippen molar-refractivity contribution in [3.05, 3.63) is 0 Å². The Labute approximate surface area is 66.1 Å². The summed E-state index contributed by atoms with van der Waals surface area (Å²) in [5.74, 6) is 0.916. The molecule has 0 saturated heterocycles. The summed E-state index contributed by atoms with van der Waals surface area (Å²) in [6.45, 7) is 4.78. The molecule has 0 aromatic heterocycles. The van der Waals surface area contributed by atoms with Crippen LogP contribution in [0.5, 0.6) is 0 Å². The zero-order chi connectivity index (χ0) is 7.61. The van der Waals surface area contributed by atoms with Crippen LogP contribution >= 0.6 is 0 Å². The molecule has 1 fully saturated rings. The molecule has 1 aliphatic carbocycles. The second kappa shape index (κ2) is 3.05. The van der Waals surface area contributed by atoms with Gasteiger partial charge in [-0.15, -0.1) is 0 Å². The van der Waals surface area contributed by atoms with Crippen LogP contribution in [0.4, 0.5) is 0 Å². The highest BCUT2D eigenvalue weighted by Gasteiger charge is 2.35. The van der Waals surface area contributed by atoms with Gasteiger partial charge in [-0.1, -0.05) is 26.7 Å². The van der Waals surface area contributed by atoms with Crippen molar-refractivity contribution in [2.24, 2.45) is 5.92 Å². The van der Waals surface area contributed by atoms with E-state index < -0.39 is 0 Å². The van der Waals surface area contributed by atoms with Crippen molar-refractivity contribution in [1.82, 2.24) is 0 Å². The smallest absolute Gasteiger partial charge is 0.167 e. The summed E-state index contributed by atoms with van der Waals surface area (Å²) < 4.78 is 5.34. The van der Waals surface area contributed by atoms with Gasteiger partial charge in [0, 0.05) is 7.11 Å². The molecule has 0 heterocycles. The van der Waals surface area contributed by atoms with E-state index in [1.54, 1.807) is 0 Å². The number of hydrogen-bond donors (Lipinski definition) is 0. The highest BCUT2D eigenvalue weighted by Crippen LogP contribution is 2.48. The Bertz CT molecular complexity index is 116. The molecule has 1 aliphatic rings. The maximum atomic E-state index is 5.34. The van der Waals surface area contributed by atoms with Crippen molar-refractivity contribution in [2.75, 3.05) is 7.11 Å². The van der Waals surface area contributed by atoms with Gasteiger partial charge in [-0.2, -0.15) is 0 Å². The van der Waals surface area contributed by atoms with Crippen LogP contribution < -0.4 is 0 Å². The molecule has 0 spiro atoms. The molecule has 0 bridgehead atoms. The van der Waals surface area contributed by atoms with E-state index in [1.165, 1.54) is 19.3 Å². The second-order valence-electron chi connectivity index (χ2n) is 3.88. The van der Waals surface area contributed by atoms with Crippen LogP contribution in [-0.2, 0) is 4.43 Å². The first-order chi connectivity index (χ1) is 4.69. The predicted molar refractivity (Wildman–Crippen MR) is 46.9 cm³/mol. The molecule has 0 aromatic rings. The lowest BCUT2D eigenvalue weighted by Crippen LogP contribution is -2.20. The maximum absolute atomic E-state index is 5.34. The Hall–Kier alpha value is 0.177. The third kappa shape index (κ3) is 1.43. The Kier molecular flexibility index (Phi) is 2.53. The maximum Gasteiger partial charge on any atom is 0.167 e. The van der Waals surface area contributed by atoms with Gasteiger partial charge >= 0.3 is 0 Å². The minimum absolute atomic E-state index is 0.246. The molecule has 0 aromatic carbocycles. The van der Waals surface area contributed by atoms with E-state index in [2.05, 4.69) is 13.8 Å². The molecule has 10 heavy (non-hydrogen) atoms. The summed E-state index contributed by atoms with van der Waals surface area (Å²) in [6.07, 6.45) is 4.26. The molecule has 2 atom stereocenters. The third-order valence-corrected chi connectivity index (χ3v) is 5.05. The Morgan fingerprint density at radius 1 is 1.60 bits per heavy atom. The Morgan fingerprint density at radius 3 is 2.70 bits per heavy atom. The standard InChI is InChI=1S/C8H18OSi/c1-7-5-4-6-8(7,2)10-9-3/h7H,4-6,10H2,1-3H3. The lowest BCUT2D eigenvalue weighted by Gasteiger charge is -2.27. The summed E-state index contributed by atoms with van der Waals surface area (Å²) in [5.41, 5.74) is 0. The third-order valence-electron chi connectivity index (χ3n) is 3.05. The van der Waals surface area contributed by atoms with E-state index >= 15 is 0 Å². The van der Waals surface area contributed by atoms with E-state index in [0.29, 0.717) is 5.04 Å². The average molecular weight is 158 g/mol. The molecule has 1 nitrogen and oxygen atoms in total. The molecular formula is C8H18OSi. The molecule has 0 aliphatic heterocycles. The zero-order valence-corrected chi connectivity index (χ0v) is 8.73. The van der Waals surface area contributed by atoms with Crippen LogP contribution in [0, 0.1) is 5.92 Å². The van der Waals surface area contributed by atoms with E-state index in [0.717, 1.165) is 5.92 Å². The van der Waals surface area contributed by atoms with Crippen LogP contribution in [0.25, 0.3) is 0 Å². The molecule has 2 unspecified atom stereocenters. The van der Waals surface area contributed by atoms with Crippen molar-refractivity contribution in [3.8, 4) is 0 Å². The molecule has 0 N–H and O–H groups in total. The lowest BCUT2D eigenvalue weighted by molar-refractivity contribution is 0.370. The Morgan fingerprint density at radius 2 is 2.30 bits per heavy atom. The van der Waals surface area contributed by atoms with Gasteiger partial charge in [-0.25, -0.2) is 0 Å². The van der Waals surface area contributed by atoms with Crippen LogP contribution in [0.15, 0.2) is 0 Å². The van der Waals surface area contributed by atoms with Gasteiger partial charge in [-0.3, -0.25) is 0 Å². The van der Waals surface area contributed by atoms with Crippen LogP contribution in [0.1, 0.15) is 33.1 Å². The van der Waals surface area contributed by atoms with E-state index in [4.69, 9.17) is 4.43 Å². The molecule has 2 heteroatoms. The topological polar surface area (TPSA) is 9.23 Å². The van der Waals surface area contributed by atoms with Gasteiger partial charge in [0.25, 0.3) is 0 Å². The molecule has 1 saturated carbocycles. The fraction of sp³-hybridized carbons (Fsp3) is 1.00. The number of rotatable bonds is 2. The first-order valence-corrected chi connectivity index (χ1v) is 5.46. The highest BCUT2D eigenvalue weighted by molar-refractivity contribution is 6.32. The van der Waals surface area contributed by atoms with Gasteiger partial charge < -0.3 is 4.43 Å². The summed E-state index contributed by atoms with van der Waals surface area (Å²) in [5, 5.41) is 0.620. The molecule has 0 radical (unpaired) electrons. The first kappa shape index (κ1) is 8.28. The summed E-state index contributed by atoms with van der Waals surface area (Å²) >= 11 is 0. The molecule has 0 amide bonds.